The largest absolute Gasteiger partial charge is 0.458 e. The number of sulfonamides is 1. The number of benzene rings is 1. The van der Waals surface area contributed by atoms with Crippen LogP contribution in [0, 0.1) is 0 Å². The summed E-state index contributed by atoms with van der Waals surface area (Å²) in [6, 6.07) is 7.76. The summed E-state index contributed by atoms with van der Waals surface area (Å²) >= 11 is 2.22. The highest BCUT2D eigenvalue weighted by molar-refractivity contribution is 14.1. The van der Waals surface area contributed by atoms with Gasteiger partial charge < -0.3 is 9.64 Å². The Labute approximate surface area is 192 Å². The normalized spacial score (nSPS) is 19.4. The first kappa shape index (κ1) is 24.6. The minimum atomic E-state index is -3.82. The molecule has 0 aromatic heterocycles. The van der Waals surface area contributed by atoms with Gasteiger partial charge in [-0.15, -0.1) is 0 Å². The molecule has 9 heteroatoms. The molecule has 1 amide bonds. The van der Waals surface area contributed by atoms with Gasteiger partial charge in [-0.25, -0.2) is 13.2 Å². The highest BCUT2D eigenvalue weighted by Crippen LogP contribution is 2.30. The molecule has 1 fully saturated rings. The first-order valence-electron chi connectivity index (χ1n) is 9.78. The fourth-order valence-corrected chi connectivity index (χ4v) is 5.30. The molecule has 0 bridgehead atoms. The van der Waals surface area contributed by atoms with E-state index in [2.05, 4.69) is 33.9 Å². The minimum absolute atomic E-state index is 0.165. The standard InChI is InChI=1S/C21H29IN2O5S/c1-15(23-30(27,28)14-16-8-6-5-7-9-16)19(25)24-17(12-13-22)10-11-18(24)20(26)29-21(2,3)4/h5-9,17-18,23H,1,10-14H2,2-4H3/t17-,18+/m1/s1. The Hall–Kier alpha value is -1.62. The zero-order valence-electron chi connectivity index (χ0n) is 17.6. The van der Waals surface area contributed by atoms with Gasteiger partial charge in [0.15, 0.2) is 0 Å². The summed E-state index contributed by atoms with van der Waals surface area (Å²) in [4.78, 5) is 27.3. The quantitative estimate of drug-likeness (QED) is 0.233. The van der Waals surface area contributed by atoms with Crippen LogP contribution in [0.5, 0.6) is 0 Å². The predicted octanol–water partition coefficient (Wildman–Crippen LogP) is 3.15. The Balaban J connectivity index is 2.16. The number of esters is 1. The third-order valence-electron chi connectivity index (χ3n) is 4.59. The highest BCUT2D eigenvalue weighted by Gasteiger charge is 2.43. The molecule has 30 heavy (non-hydrogen) atoms. The molecule has 2 atom stereocenters. The zero-order valence-corrected chi connectivity index (χ0v) is 20.5. The molecule has 1 N–H and O–H groups in total. The summed E-state index contributed by atoms with van der Waals surface area (Å²) in [5.41, 5.74) is -0.345. The molecule has 1 saturated heterocycles. The van der Waals surface area contributed by atoms with E-state index in [1.807, 2.05) is 0 Å². The van der Waals surface area contributed by atoms with E-state index in [9.17, 15) is 18.0 Å². The molecule has 0 unspecified atom stereocenters. The molecule has 0 spiro atoms. The van der Waals surface area contributed by atoms with Crippen LogP contribution in [0.1, 0.15) is 45.6 Å². The third-order valence-corrected chi connectivity index (χ3v) is 6.49. The van der Waals surface area contributed by atoms with Gasteiger partial charge in [0.25, 0.3) is 5.91 Å². The molecule has 1 heterocycles. The number of likely N-dealkylation sites (tertiary alicyclic amines) is 1. The van der Waals surface area contributed by atoms with Crippen LogP contribution in [-0.2, 0) is 30.1 Å². The second-order valence-corrected chi connectivity index (χ2v) is 11.1. The van der Waals surface area contributed by atoms with Crippen molar-refractivity contribution in [2.24, 2.45) is 0 Å². The van der Waals surface area contributed by atoms with Crippen molar-refractivity contribution < 1.29 is 22.7 Å². The lowest BCUT2D eigenvalue weighted by Crippen LogP contribution is -2.49. The summed E-state index contributed by atoms with van der Waals surface area (Å²) in [6.45, 7) is 8.96. The van der Waals surface area contributed by atoms with Gasteiger partial charge in [0, 0.05) is 10.5 Å². The number of hydrogen-bond donors (Lipinski definition) is 1. The fraction of sp³-hybridized carbons (Fsp3) is 0.524. The lowest BCUT2D eigenvalue weighted by molar-refractivity contribution is -0.163. The van der Waals surface area contributed by atoms with Crippen molar-refractivity contribution in [3.8, 4) is 0 Å². The maximum atomic E-state index is 13.1. The van der Waals surface area contributed by atoms with Gasteiger partial charge in [0.2, 0.25) is 10.0 Å². The molecule has 1 aliphatic rings. The number of alkyl halides is 1. The van der Waals surface area contributed by atoms with Gasteiger partial charge in [-0.05, 0) is 45.6 Å². The van der Waals surface area contributed by atoms with E-state index in [4.69, 9.17) is 4.74 Å². The predicted molar refractivity (Wildman–Crippen MR) is 124 cm³/mol. The second-order valence-electron chi connectivity index (χ2n) is 8.30. The van der Waals surface area contributed by atoms with E-state index >= 15 is 0 Å². The molecule has 1 aromatic carbocycles. The van der Waals surface area contributed by atoms with E-state index in [-0.39, 0.29) is 17.5 Å². The SMILES string of the molecule is C=C(NS(=O)(=O)Cc1ccccc1)C(=O)N1[C@@H](CCI)CC[C@H]1C(=O)OC(C)(C)C. The van der Waals surface area contributed by atoms with Crippen molar-refractivity contribution >= 4 is 44.5 Å². The number of nitrogens with one attached hydrogen (secondary N) is 1. The second kappa shape index (κ2) is 10.1. The smallest absolute Gasteiger partial charge is 0.329 e. The lowest BCUT2D eigenvalue weighted by atomic mass is 10.1. The minimum Gasteiger partial charge on any atom is -0.458 e. The van der Waals surface area contributed by atoms with Crippen LogP contribution < -0.4 is 4.72 Å². The Morgan fingerprint density at radius 2 is 1.87 bits per heavy atom. The van der Waals surface area contributed by atoms with Gasteiger partial charge in [-0.1, -0.05) is 59.5 Å². The van der Waals surface area contributed by atoms with Crippen molar-refractivity contribution in [1.29, 1.82) is 0 Å². The monoisotopic (exact) mass is 548 g/mol. The highest BCUT2D eigenvalue weighted by atomic mass is 127. The van der Waals surface area contributed by atoms with Crippen LogP contribution in [0.15, 0.2) is 42.6 Å². The Kier molecular flexibility index (Phi) is 8.32. The van der Waals surface area contributed by atoms with Crippen molar-refractivity contribution in [1.82, 2.24) is 9.62 Å². The maximum Gasteiger partial charge on any atom is 0.329 e. The third kappa shape index (κ3) is 6.97. The molecule has 0 aliphatic carbocycles. The number of hydrogen-bond acceptors (Lipinski definition) is 5. The summed E-state index contributed by atoms with van der Waals surface area (Å²) in [5.74, 6) is -1.34. The number of ether oxygens (including phenoxy) is 1. The van der Waals surface area contributed by atoms with Gasteiger partial charge in [0.1, 0.15) is 17.3 Å². The molecular weight excluding hydrogens is 519 g/mol. The summed E-state index contributed by atoms with van der Waals surface area (Å²) in [5, 5.41) is 0. The van der Waals surface area contributed by atoms with Crippen LogP contribution >= 0.6 is 22.6 Å². The van der Waals surface area contributed by atoms with Crippen LogP contribution in [0.3, 0.4) is 0 Å². The number of rotatable bonds is 8. The molecule has 0 saturated carbocycles. The molecule has 7 nitrogen and oxygen atoms in total. The Morgan fingerprint density at radius 1 is 1.23 bits per heavy atom. The van der Waals surface area contributed by atoms with Gasteiger partial charge in [-0.2, -0.15) is 0 Å². The molecule has 166 valence electrons. The van der Waals surface area contributed by atoms with Crippen molar-refractivity contribution in [3.63, 3.8) is 0 Å². The van der Waals surface area contributed by atoms with E-state index in [1.165, 1.54) is 4.90 Å². The number of nitrogens with zero attached hydrogens (tertiary/aromatic N) is 1. The summed E-state index contributed by atoms with van der Waals surface area (Å²) < 4.78 is 33.6. The average molecular weight is 548 g/mol. The molecule has 1 aromatic rings. The lowest BCUT2D eigenvalue weighted by Gasteiger charge is -2.31. The van der Waals surface area contributed by atoms with Crippen LogP contribution in [0.25, 0.3) is 0 Å². The van der Waals surface area contributed by atoms with Crippen LogP contribution in [0.2, 0.25) is 0 Å². The Morgan fingerprint density at radius 3 is 2.43 bits per heavy atom. The number of amides is 1. The van der Waals surface area contributed by atoms with Crippen LogP contribution in [-0.4, -0.2) is 47.3 Å². The topological polar surface area (TPSA) is 92.8 Å². The zero-order chi connectivity index (χ0) is 22.5. The average Bonchev–Trinajstić information content (AvgIpc) is 3.03. The number of halogens is 1. The fourth-order valence-electron chi connectivity index (χ4n) is 3.42. The van der Waals surface area contributed by atoms with E-state index in [0.717, 1.165) is 4.43 Å². The van der Waals surface area contributed by atoms with E-state index in [0.29, 0.717) is 24.8 Å². The molecule has 1 aliphatic heterocycles. The number of carbonyl (C=O) groups is 2. The Bertz CT molecular complexity index is 880. The van der Waals surface area contributed by atoms with Crippen molar-refractivity contribution in [3.05, 3.63) is 48.2 Å². The first-order valence-corrected chi connectivity index (χ1v) is 13.0. The molecule has 0 radical (unpaired) electrons. The summed E-state index contributed by atoms with van der Waals surface area (Å²) in [7, 11) is -3.82. The van der Waals surface area contributed by atoms with Crippen molar-refractivity contribution in [2.75, 3.05) is 4.43 Å². The molecule has 2 rings (SSSR count). The van der Waals surface area contributed by atoms with Crippen molar-refractivity contribution in [2.45, 2.75) is 63.5 Å². The van der Waals surface area contributed by atoms with Gasteiger partial charge in [0.05, 0.1) is 5.75 Å². The maximum absolute atomic E-state index is 13.1. The van der Waals surface area contributed by atoms with E-state index in [1.54, 1.807) is 51.1 Å². The van der Waals surface area contributed by atoms with Crippen LogP contribution in [0.4, 0.5) is 0 Å². The number of carbonyl (C=O) groups excluding carboxylic acids is 2. The molecular formula is C21H29IN2O5S. The first-order chi connectivity index (χ1) is 13.9. The summed E-state index contributed by atoms with van der Waals surface area (Å²) in [6.07, 6.45) is 1.84. The van der Waals surface area contributed by atoms with Gasteiger partial charge >= 0.3 is 5.97 Å². The van der Waals surface area contributed by atoms with E-state index < -0.39 is 33.5 Å². The van der Waals surface area contributed by atoms with Gasteiger partial charge in [-0.3, -0.25) is 9.52 Å².